The molecule has 3 rings (SSSR count). The second kappa shape index (κ2) is 7.59. The number of aromatic amines is 1. The van der Waals surface area contributed by atoms with E-state index in [1.807, 2.05) is 18.5 Å². The van der Waals surface area contributed by atoms with Crippen molar-refractivity contribution in [2.75, 3.05) is 0 Å². The highest BCUT2D eigenvalue weighted by atomic mass is 16.1. The first-order valence-electron chi connectivity index (χ1n) is 8.95. The molecule has 24 heavy (non-hydrogen) atoms. The van der Waals surface area contributed by atoms with E-state index in [-0.39, 0.29) is 11.9 Å². The summed E-state index contributed by atoms with van der Waals surface area (Å²) >= 11 is 0. The quantitative estimate of drug-likeness (QED) is 0.813. The number of hydrogen-bond donors (Lipinski definition) is 2. The number of rotatable bonds is 7. The zero-order chi connectivity index (χ0) is 16.9. The third-order valence-corrected chi connectivity index (χ3v) is 4.73. The van der Waals surface area contributed by atoms with Gasteiger partial charge in [-0.05, 0) is 44.6 Å². The van der Waals surface area contributed by atoms with Gasteiger partial charge in [0.1, 0.15) is 12.2 Å². The van der Waals surface area contributed by atoms with Gasteiger partial charge in [0.2, 0.25) is 5.91 Å². The second-order valence-corrected chi connectivity index (χ2v) is 6.30. The smallest absolute Gasteiger partial charge is 0.220 e. The molecule has 0 unspecified atom stereocenters. The molecule has 0 fully saturated rings. The second-order valence-electron chi connectivity index (χ2n) is 6.30. The van der Waals surface area contributed by atoms with Gasteiger partial charge in [0, 0.05) is 25.1 Å². The Morgan fingerprint density at radius 2 is 2.21 bits per heavy atom. The average Bonchev–Trinajstić information content (AvgIpc) is 3.24. The molecule has 7 heteroatoms. The molecule has 7 nitrogen and oxygen atoms in total. The van der Waals surface area contributed by atoms with Crippen molar-refractivity contribution in [3.05, 3.63) is 29.1 Å². The van der Waals surface area contributed by atoms with Gasteiger partial charge in [-0.2, -0.15) is 10.2 Å². The highest BCUT2D eigenvalue weighted by Crippen LogP contribution is 2.23. The van der Waals surface area contributed by atoms with E-state index in [9.17, 15) is 4.79 Å². The molecule has 130 valence electrons. The summed E-state index contributed by atoms with van der Waals surface area (Å²) in [5.74, 6) is 0.866. The predicted octanol–water partition coefficient (Wildman–Crippen LogP) is 2.10. The molecular weight excluding hydrogens is 304 g/mol. The third kappa shape index (κ3) is 3.49. The molecule has 0 bridgehead atoms. The molecule has 2 aromatic heterocycles. The number of fused-ring (bicyclic) bond motifs is 1. The summed E-state index contributed by atoms with van der Waals surface area (Å²) in [4.78, 5) is 16.7. The number of carbonyl (C=O) groups excluding carboxylic acids is 1. The van der Waals surface area contributed by atoms with E-state index in [1.165, 1.54) is 24.1 Å². The topological polar surface area (TPSA) is 88.5 Å². The monoisotopic (exact) mass is 330 g/mol. The minimum Gasteiger partial charge on any atom is -0.346 e. The third-order valence-electron chi connectivity index (χ3n) is 4.73. The van der Waals surface area contributed by atoms with Crippen LogP contribution in [0.5, 0.6) is 0 Å². The fourth-order valence-electron chi connectivity index (χ4n) is 3.39. The van der Waals surface area contributed by atoms with Crippen molar-refractivity contribution in [2.45, 2.75) is 71.4 Å². The number of hydrogen-bond acceptors (Lipinski definition) is 4. The minimum atomic E-state index is -0.0898. The van der Waals surface area contributed by atoms with E-state index in [1.54, 1.807) is 6.33 Å². The maximum absolute atomic E-state index is 12.4. The summed E-state index contributed by atoms with van der Waals surface area (Å²) < 4.78 is 1.83. The summed E-state index contributed by atoms with van der Waals surface area (Å²) in [5.41, 5.74) is 3.66. The molecule has 0 saturated carbocycles. The average molecular weight is 330 g/mol. The van der Waals surface area contributed by atoms with Crippen LogP contribution in [0.3, 0.4) is 0 Å². The highest BCUT2D eigenvalue weighted by molar-refractivity contribution is 5.76. The molecule has 0 spiro atoms. The standard InChI is InChI=1S/C17H26N6O/c1-3-13(17-18-11-19-23(17)4-2)20-16(24)10-9-15-12-7-5-6-8-14(12)21-22-15/h11,13H,3-10H2,1-2H3,(H,20,24)(H,21,22)/t13-/m1/s1. The fourth-order valence-corrected chi connectivity index (χ4v) is 3.39. The van der Waals surface area contributed by atoms with Gasteiger partial charge in [-0.1, -0.05) is 6.92 Å². The van der Waals surface area contributed by atoms with Crippen LogP contribution in [0.1, 0.15) is 68.3 Å². The van der Waals surface area contributed by atoms with Crippen LogP contribution in [0.4, 0.5) is 0 Å². The van der Waals surface area contributed by atoms with Crippen LogP contribution in [0, 0.1) is 0 Å². The van der Waals surface area contributed by atoms with Crippen LogP contribution in [0.2, 0.25) is 0 Å². The number of nitrogens with zero attached hydrogens (tertiary/aromatic N) is 4. The highest BCUT2D eigenvalue weighted by Gasteiger charge is 2.20. The van der Waals surface area contributed by atoms with Crippen LogP contribution in [0.15, 0.2) is 6.33 Å². The van der Waals surface area contributed by atoms with Crippen molar-refractivity contribution >= 4 is 5.91 Å². The Morgan fingerprint density at radius 3 is 3.00 bits per heavy atom. The number of nitrogens with one attached hydrogen (secondary N) is 2. The zero-order valence-corrected chi connectivity index (χ0v) is 14.5. The Kier molecular flexibility index (Phi) is 5.27. The number of aromatic nitrogens is 5. The Bertz CT molecular complexity index is 689. The van der Waals surface area contributed by atoms with Crippen LogP contribution in [-0.2, 0) is 30.6 Å². The van der Waals surface area contributed by atoms with Crippen molar-refractivity contribution in [3.8, 4) is 0 Å². The zero-order valence-electron chi connectivity index (χ0n) is 14.5. The van der Waals surface area contributed by atoms with Gasteiger partial charge >= 0.3 is 0 Å². The molecule has 1 aliphatic carbocycles. The minimum absolute atomic E-state index is 0.0417. The maximum atomic E-state index is 12.4. The largest absolute Gasteiger partial charge is 0.346 e. The molecule has 0 radical (unpaired) electrons. The van der Waals surface area contributed by atoms with Gasteiger partial charge in [-0.3, -0.25) is 9.89 Å². The first-order valence-corrected chi connectivity index (χ1v) is 8.95. The van der Waals surface area contributed by atoms with Crippen LogP contribution < -0.4 is 5.32 Å². The van der Waals surface area contributed by atoms with E-state index in [0.29, 0.717) is 12.8 Å². The Balaban J connectivity index is 1.58. The Labute approximate surface area is 142 Å². The van der Waals surface area contributed by atoms with Gasteiger partial charge in [-0.25, -0.2) is 9.67 Å². The molecule has 2 aromatic rings. The van der Waals surface area contributed by atoms with Gasteiger partial charge < -0.3 is 5.32 Å². The molecule has 0 aromatic carbocycles. The van der Waals surface area contributed by atoms with Gasteiger partial charge in [0.15, 0.2) is 0 Å². The molecule has 0 aliphatic heterocycles. The molecule has 0 saturated heterocycles. The Morgan fingerprint density at radius 1 is 1.38 bits per heavy atom. The SMILES string of the molecule is CC[C@@H](NC(=O)CCc1n[nH]c2c1CCCC2)c1ncnn1CC. The lowest BCUT2D eigenvalue weighted by Gasteiger charge is -2.17. The number of H-pyrrole nitrogens is 1. The summed E-state index contributed by atoms with van der Waals surface area (Å²) in [6, 6.07) is -0.0898. The molecular formula is C17H26N6O. The van der Waals surface area contributed by atoms with Crippen LogP contribution in [0.25, 0.3) is 0 Å². The summed E-state index contributed by atoms with van der Waals surface area (Å²) in [7, 11) is 0. The van der Waals surface area contributed by atoms with Crippen LogP contribution in [-0.4, -0.2) is 30.9 Å². The summed E-state index contributed by atoms with van der Waals surface area (Å²) in [6.07, 6.45) is 8.09. The van der Waals surface area contributed by atoms with E-state index < -0.39 is 0 Å². The molecule has 2 N–H and O–H groups in total. The summed E-state index contributed by atoms with van der Waals surface area (Å²) in [5, 5.41) is 14.8. The Hall–Kier alpha value is -2.18. The first kappa shape index (κ1) is 16.7. The van der Waals surface area contributed by atoms with Gasteiger partial charge in [0.25, 0.3) is 0 Å². The normalized spacial score (nSPS) is 15.1. The summed E-state index contributed by atoms with van der Waals surface area (Å²) in [6.45, 7) is 4.82. The van der Waals surface area contributed by atoms with Crippen LogP contribution >= 0.6 is 0 Å². The van der Waals surface area contributed by atoms with E-state index in [2.05, 4.69) is 25.6 Å². The van der Waals surface area contributed by atoms with E-state index in [4.69, 9.17) is 0 Å². The molecule has 1 amide bonds. The van der Waals surface area contributed by atoms with Crippen molar-refractivity contribution in [2.24, 2.45) is 0 Å². The van der Waals surface area contributed by atoms with E-state index >= 15 is 0 Å². The number of aryl methyl sites for hydroxylation is 3. The predicted molar refractivity (Wildman–Crippen MR) is 90.4 cm³/mol. The van der Waals surface area contributed by atoms with E-state index in [0.717, 1.165) is 37.3 Å². The molecule has 1 aliphatic rings. The number of amides is 1. The maximum Gasteiger partial charge on any atom is 0.220 e. The molecule has 1 atom stereocenters. The van der Waals surface area contributed by atoms with Gasteiger partial charge in [0.05, 0.1) is 11.7 Å². The van der Waals surface area contributed by atoms with Crippen molar-refractivity contribution in [3.63, 3.8) is 0 Å². The first-order chi connectivity index (χ1) is 11.7. The van der Waals surface area contributed by atoms with Crippen molar-refractivity contribution in [1.29, 1.82) is 0 Å². The van der Waals surface area contributed by atoms with Crippen molar-refractivity contribution in [1.82, 2.24) is 30.3 Å². The lowest BCUT2D eigenvalue weighted by molar-refractivity contribution is -0.121. The fraction of sp³-hybridized carbons (Fsp3) is 0.647. The lowest BCUT2D eigenvalue weighted by atomic mass is 9.94. The lowest BCUT2D eigenvalue weighted by Crippen LogP contribution is -2.30. The van der Waals surface area contributed by atoms with Crippen molar-refractivity contribution < 1.29 is 4.79 Å². The van der Waals surface area contributed by atoms with Gasteiger partial charge in [-0.15, -0.1) is 0 Å². The number of carbonyl (C=O) groups is 1. The molecule has 2 heterocycles.